The highest BCUT2D eigenvalue weighted by molar-refractivity contribution is 5.74. The summed E-state index contributed by atoms with van der Waals surface area (Å²) in [5.74, 6) is 0.577. The smallest absolute Gasteiger partial charge is 0.306 e. The fourth-order valence-corrected chi connectivity index (χ4v) is 6.63. The molecule has 0 radical (unpaired) electrons. The minimum absolute atomic E-state index is 0.00222. The van der Waals surface area contributed by atoms with E-state index >= 15 is 0 Å². The van der Waals surface area contributed by atoms with E-state index in [1.54, 1.807) is 13.3 Å². The standard InChI is InChI=1S/C36H43N3O4/c1-21(2)39(22(3)4)20-28-15-26(11-13-30(28)31-17-34(42-6)38-19-29(31)18-37)32-14-12-24-7-10-27(16-33(24)43-32)35(25-8-9-25)23(5)36(40)41/h7,10-11,13,15-17,19,21-23,25,32,35H,8-9,12,14,20H2,1-6H3,(H,40,41)/t23-,32-,35?/m0/s1. The number of hydrogen-bond acceptors (Lipinski definition) is 6. The summed E-state index contributed by atoms with van der Waals surface area (Å²) < 4.78 is 12.1. The van der Waals surface area contributed by atoms with Crippen molar-refractivity contribution in [3.05, 3.63) is 76.5 Å². The first-order valence-electron chi connectivity index (χ1n) is 15.5. The predicted molar refractivity (Wildman–Crippen MR) is 167 cm³/mol. The largest absolute Gasteiger partial charge is 0.485 e. The van der Waals surface area contributed by atoms with E-state index in [2.05, 4.69) is 80.0 Å². The maximum Gasteiger partial charge on any atom is 0.306 e. The Hall–Kier alpha value is -3.89. The first kappa shape index (κ1) is 30.6. The molecular weight excluding hydrogens is 538 g/mol. The number of fused-ring (bicyclic) bond motifs is 1. The van der Waals surface area contributed by atoms with Gasteiger partial charge in [0.15, 0.2) is 0 Å². The van der Waals surface area contributed by atoms with Crippen LogP contribution in [0.3, 0.4) is 0 Å². The van der Waals surface area contributed by atoms with E-state index in [4.69, 9.17) is 9.47 Å². The number of nitriles is 1. The average Bonchev–Trinajstić information content (AvgIpc) is 3.84. The molecule has 2 heterocycles. The molecule has 0 saturated heterocycles. The number of carboxylic acids is 1. The van der Waals surface area contributed by atoms with Gasteiger partial charge in [-0.3, -0.25) is 9.69 Å². The van der Waals surface area contributed by atoms with E-state index in [9.17, 15) is 15.2 Å². The van der Waals surface area contributed by atoms with Gasteiger partial charge in [0.05, 0.1) is 18.6 Å². The summed E-state index contributed by atoms with van der Waals surface area (Å²) >= 11 is 0. The van der Waals surface area contributed by atoms with E-state index in [0.717, 1.165) is 65.8 Å². The maximum absolute atomic E-state index is 11.9. The average molecular weight is 582 g/mol. The molecule has 0 spiro atoms. The number of carbonyl (C=O) groups is 1. The number of benzene rings is 2. The van der Waals surface area contributed by atoms with Gasteiger partial charge in [-0.2, -0.15) is 5.26 Å². The Balaban J connectivity index is 1.52. The molecular formula is C36H43N3O4. The van der Waals surface area contributed by atoms with Crippen molar-refractivity contribution >= 4 is 5.97 Å². The number of aliphatic carboxylic acids is 1. The third kappa shape index (κ3) is 6.55. The molecule has 7 heteroatoms. The zero-order valence-corrected chi connectivity index (χ0v) is 26.1. The van der Waals surface area contributed by atoms with Crippen LogP contribution in [0, 0.1) is 23.2 Å². The summed E-state index contributed by atoms with van der Waals surface area (Å²) in [6.45, 7) is 11.4. The third-order valence-electron chi connectivity index (χ3n) is 9.16. The molecule has 1 aliphatic heterocycles. The number of aromatic nitrogens is 1. The normalized spacial score (nSPS) is 17.7. The molecule has 1 saturated carbocycles. The number of methoxy groups -OCH3 is 1. The number of nitrogens with zero attached hydrogens (tertiary/aromatic N) is 3. The first-order valence-corrected chi connectivity index (χ1v) is 15.5. The summed E-state index contributed by atoms with van der Waals surface area (Å²) in [6, 6.07) is 17.6. The highest BCUT2D eigenvalue weighted by atomic mass is 16.5. The van der Waals surface area contributed by atoms with Gasteiger partial charge in [-0.25, -0.2) is 4.98 Å². The molecule has 3 aromatic rings. The number of aryl methyl sites for hydroxylation is 1. The number of rotatable bonds is 11. The zero-order valence-electron chi connectivity index (χ0n) is 26.1. The topological polar surface area (TPSA) is 95.7 Å². The van der Waals surface area contributed by atoms with Crippen molar-refractivity contribution in [1.29, 1.82) is 5.26 Å². The summed E-state index contributed by atoms with van der Waals surface area (Å²) in [7, 11) is 1.58. The van der Waals surface area contributed by atoms with Gasteiger partial charge in [-0.05, 0) is 99.1 Å². The quantitative estimate of drug-likeness (QED) is 0.250. The fraction of sp³-hybridized carbons (Fsp3) is 0.472. The lowest BCUT2D eigenvalue weighted by atomic mass is 9.82. The van der Waals surface area contributed by atoms with Gasteiger partial charge in [-0.15, -0.1) is 0 Å². The van der Waals surface area contributed by atoms with Crippen LogP contribution in [0.4, 0.5) is 0 Å². The van der Waals surface area contributed by atoms with Gasteiger partial charge < -0.3 is 14.6 Å². The summed E-state index contributed by atoms with van der Waals surface area (Å²) in [5, 5.41) is 19.7. The molecule has 2 aliphatic rings. The molecule has 7 nitrogen and oxygen atoms in total. The summed E-state index contributed by atoms with van der Waals surface area (Å²) in [6.07, 6.45) is 5.36. The van der Waals surface area contributed by atoms with Crippen molar-refractivity contribution in [2.75, 3.05) is 7.11 Å². The second kappa shape index (κ2) is 12.8. The van der Waals surface area contributed by atoms with Crippen LogP contribution in [0.25, 0.3) is 11.1 Å². The summed E-state index contributed by atoms with van der Waals surface area (Å²) in [4.78, 5) is 18.6. The predicted octanol–water partition coefficient (Wildman–Crippen LogP) is 7.53. The van der Waals surface area contributed by atoms with Crippen LogP contribution in [-0.2, 0) is 17.8 Å². The highest BCUT2D eigenvalue weighted by Gasteiger charge is 2.39. The molecule has 1 unspecified atom stereocenters. The Morgan fingerprint density at radius 2 is 1.81 bits per heavy atom. The first-order chi connectivity index (χ1) is 20.6. The fourth-order valence-electron chi connectivity index (χ4n) is 6.63. The van der Waals surface area contributed by atoms with Gasteiger partial charge in [0.1, 0.15) is 17.9 Å². The van der Waals surface area contributed by atoms with Gasteiger partial charge in [0.25, 0.3) is 0 Å². The molecule has 1 aromatic heterocycles. The molecule has 5 rings (SSSR count). The van der Waals surface area contributed by atoms with Crippen LogP contribution in [0.1, 0.15) is 93.7 Å². The molecule has 1 aliphatic carbocycles. The number of carboxylic acid groups (broad SMARTS) is 1. The van der Waals surface area contributed by atoms with Crippen LogP contribution in [0.2, 0.25) is 0 Å². The highest BCUT2D eigenvalue weighted by Crippen LogP contribution is 2.48. The van der Waals surface area contributed by atoms with Crippen LogP contribution < -0.4 is 9.47 Å². The molecule has 43 heavy (non-hydrogen) atoms. The Kier molecular flexibility index (Phi) is 9.08. The van der Waals surface area contributed by atoms with E-state index in [1.165, 1.54) is 5.56 Å². The second-order valence-corrected chi connectivity index (χ2v) is 12.7. The second-order valence-electron chi connectivity index (χ2n) is 12.7. The minimum Gasteiger partial charge on any atom is -0.485 e. The zero-order chi connectivity index (χ0) is 30.8. The number of ether oxygens (including phenoxy) is 2. The van der Waals surface area contributed by atoms with Crippen molar-refractivity contribution in [2.45, 2.75) is 91.0 Å². The van der Waals surface area contributed by atoms with Gasteiger partial charge in [0.2, 0.25) is 5.88 Å². The monoisotopic (exact) mass is 581 g/mol. The van der Waals surface area contributed by atoms with E-state index < -0.39 is 11.9 Å². The van der Waals surface area contributed by atoms with Crippen LogP contribution in [-0.4, -0.2) is 40.2 Å². The van der Waals surface area contributed by atoms with E-state index in [-0.39, 0.29) is 12.0 Å². The molecule has 0 bridgehead atoms. The van der Waals surface area contributed by atoms with Crippen molar-refractivity contribution in [3.63, 3.8) is 0 Å². The number of hydrogen-bond donors (Lipinski definition) is 1. The van der Waals surface area contributed by atoms with Crippen molar-refractivity contribution in [2.24, 2.45) is 11.8 Å². The molecule has 1 N–H and O–H groups in total. The Labute approximate surface area is 255 Å². The van der Waals surface area contributed by atoms with Gasteiger partial charge in [0, 0.05) is 36.5 Å². The van der Waals surface area contributed by atoms with Crippen LogP contribution in [0.15, 0.2) is 48.7 Å². The summed E-state index contributed by atoms with van der Waals surface area (Å²) in [5.41, 5.74) is 6.75. The molecule has 2 aromatic carbocycles. The van der Waals surface area contributed by atoms with Gasteiger partial charge >= 0.3 is 5.97 Å². The van der Waals surface area contributed by atoms with Gasteiger partial charge in [-0.1, -0.05) is 37.3 Å². The molecule has 3 atom stereocenters. The lowest BCUT2D eigenvalue weighted by Crippen LogP contribution is -2.36. The SMILES string of the molecule is COc1cc(-c2ccc([C@@H]3CCc4ccc(C(C5CC5)[C@H](C)C(=O)O)cc4O3)cc2CN(C(C)C)C(C)C)c(C#N)cn1. The lowest BCUT2D eigenvalue weighted by Gasteiger charge is -2.32. The maximum atomic E-state index is 11.9. The molecule has 1 fully saturated rings. The molecule has 0 amide bonds. The lowest BCUT2D eigenvalue weighted by molar-refractivity contribution is -0.142. The van der Waals surface area contributed by atoms with Crippen LogP contribution >= 0.6 is 0 Å². The Bertz CT molecular complexity index is 1510. The van der Waals surface area contributed by atoms with E-state index in [0.29, 0.717) is 29.4 Å². The van der Waals surface area contributed by atoms with Crippen LogP contribution in [0.5, 0.6) is 11.6 Å². The Morgan fingerprint density at radius 1 is 1.07 bits per heavy atom. The van der Waals surface area contributed by atoms with Crippen molar-refractivity contribution in [1.82, 2.24) is 9.88 Å². The Morgan fingerprint density at radius 3 is 2.44 bits per heavy atom. The number of pyridine rings is 1. The molecule has 226 valence electrons. The minimum atomic E-state index is -0.746. The van der Waals surface area contributed by atoms with Crippen molar-refractivity contribution in [3.8, 4) is 28.8 Å². The third-order valence-corrected chi connectivity index (χ3v) is 9.16. The van der Waals surface area contributed by atoms with Crippen molar-refractivity contribution < 1.29 is 19.4 Å². The van der Waals surface area contributed by atoms with E-state index in [1.807, 2.05) is 13.0 Å².